The number of aliphatic hydroxyl groups excluding tert-OH is 1. The zero-order valence-corrected chi connectivity index (χ0v) is 18.0. The third-order valence-corrected chi connectivity index (χ3v) is 5.55. The molecule has 0 aromatic rings. The maximum Gasteiger partial charge on any atom is 0.365 e. The van der Waals surface area contributed by atoms with E-state index in [0.29, 0.717) is 4.48 Å². The second-order valence-electron chi connectivity index (χ2n) is 8.62. The summed E-state index contributed by atoms with van der Waals surface area (Å²) in [5.41, 5.74) is 0. The van der Waals surface area contributed by atoms with Crippen LogP contribution in [-0.4, -0.2) is 53.5 Å². The molecule has 0 radical (unpaired) electrons. The minimum atomic E-state index is -0.907. The third kappa shape index (κ3) is 12.7. The van der Waals surface area contributed by atoms with Crippen molar-refractivity contribution in [3.05, 3.63) is 0 Å². The van der Waals surface area contributed by atoms with Crippen molar-refractivity contribution in [2.75, 3.05) is 20.6 Å². The highest BCUT2D eigenvalue weighted by atomic mass is 16.4. The smallest absolute Gasteiger partial charge is 0.365 e. The normalized spacial score (nSPS) is 14.3. The summed E-state index contributed by atoms with van der Waals surface area (Å²) in [6, 6.07) is -0.739. The van der Waals surface area contributed by atoms with Gasteiger partial charge in [-0.1, -0.05) is 84.0 Å². The third-order valence-electron chi connectivity index (χ3n) is 5.55. The van der Waals surface area contributed by atoms with Gasteiger partial charge >= 0.3 is 5.97 Å². The van der Waals surface area contributed by atoms with Crippen LogP contribution in [0.25, 0.3) is 0 Å². The average molecular weight is 373 g/mol. The van der Waals surface area contributed by atoms with E-state index in [0.717, 1.165) is 19.4 Å². The second-order valence-corrected chi connectivity index (χ2v) is 8.62. The molecule has 26 heavy (non-hydrogen) atoms. The van der Waals surface area contributed by atoms with Gasteiger partial charge in [0.2, 0.25) is 6.04 Å². The lowest BCUT2D eigenvalue weighted by Gasteiger charge is -2.37. The Bertz CT molecular complexity index is 342. The molecule has 0 spiro atoms. The summed E-state index contributed by atoms with van der Waals surface area (Å²) < 4.78 is 0.352. The molecule has 0 aromatic carbocycles. The first kappa shape index (κ1) is 25.4. The number of nitrogens with zero attached hydrogens (tertiary/aromatic N) is 1. The van der Waals surface area contributed by atoms with Gasteiger partial charge < -0.3 is 14.7 Å². The first-order chi connectivity index (χ1) is 12.3. The molecule has 2 N–H and O–H groups in total. The lowest BCUT2D eigenvalue weighted by Crippen LogP contribution is -2.58. The van der Waals surface area contributed by atoms with Gasteiger partial charge in [-0.15, -0.1) is 0 Å². The lowest BCUT2D eigenvalue weighted by molar-refractivity contribution is -0.910. The summed E-state index contributed by atoms with van der Waals surface area (Å²) in [6.07, 6.45) is 17.7. The molecule has 0 aromatic heterocycles. The average Bonchev–Trinajstić information content (AvgIpc) is 2.54. The van der Waals surface area contributed by atoms with Crippen molar-refractivity contribution in [2.24, 2.45) is 0 Å². The molecular weight excluding hydrogens is 326 g/mol. The van der Waals surface area contributed by atoms with Crippen LogP contribution in [0.5, 0.6) is 0 Å². The molecule has 0 aliphatic rings. The largest absolute Gasteiger partial charge is 0.477 e. The van der Waals surface area contributed by atoms with Gasteiger partial charge in [0.25, 0.3) is 0 Å². The number of rotatable bonds is 18. The van der Waals surface area contributed by atoms with Crippen LogP contribution < -0.4 is 0 Å². The molecule has 4 heteroatoms. The first-order valence-electron chi connectivity index (χ1n) is 11.1. The number of hydrogen-bond acceptors (Lipinski definition) is 2. The molecule has 0 saturated carbocycles. The van der Waals surface area contributed by atoms with E-state index in [1.807, 2.05) is 14.1 Å². The molecule has 156 valence electrons. The van der Waals surface area contributed by atoms with Gasteiger partial charge in [-0.05, 0) is 19.8 Å². The molecule has 0 fully saturated rings. The van der Waals surface area contributed by atoms with E-state index in [-0.39, 0.29) is 0 Å². The maximum atomic E-state index is 11.4. The van der Waals surface area contributed by atoms with Gasteiger partial charge in [-0.2, -0.15) is 0 Å². The Balaban J connectivity index is 3.54. The molecule has 0 amide bonds. The van der Waals surface area contributed by atoms with Gasteiger partial charge in [-0.3, -0.25) is 0 Å². The second kappa shape index (κ2) is 15.4. The van der Waals surface area contributed by atoms with E-state index >= 15 is 0 Å². The van der Waals surface area contributed by atoms with E-state index in [2.05, 4.69) is 6.92 Å². The molecule has 2 unspecified atom stereocenters. The van der Waals surface area contributed by atoms with Crippen LogP contribution in [0.15, 0.2) is 0 Å². The molecule has 0 aliphatic heterocycles. The molecule has 0 bridgehead atoms. The fourth-order valence-corrected chi connectivity index (χ4v) is 3.94. The van der Waals surface area contributed by atoms with E-state index in [4.69, 9.17) is 0 Å². The van der Waals surface area contributed by atoms with Crippen molar-refractivity contribution < 1.29 is 19.5 Å². The molecular formula is C22H46NO3+. The van der Waals surface area contributed by atoms with E-state index in [1.165, 1.54) is 77.0 Å². The van der Waals surface area contributed by atoms with Gasteiger partial charge in [0, 0.05) is 0 Å². The van der Waals surface area contributed by atoms with Crippen LogP contribution in [0.1, 0.15) is 104 Å². The van der Waals surface area contributed by atoms with Gasteiger partial charge in [-0.25, -0.2) is 4.79 Å². The zero-order valence-electron chi connectivity index (χ0n) is 18.0. The number of aliphatic hydroxyl groups is 1. The Kier molecular flexibility index (Phi) is 15.1. The first-order valence-corrected chi connectivity index (χ1v) is 11.1. The van der Waals surface area contributed by atoms with Crippen molar-refractivity contribution in [1.29, 1.82) is 0 Å². The van der Waals surface area contributed by atoms with Crippen molar-refractivity contribution in [2.45, 2.75) is 116 Å². The van der Waals surface area contributed by atoms with Gasteiger partial charge in [0.1, 0.15) is 6.10 Å². The highest BCUT2D eigenvalue weighted by molar-refractivity contribution is 5.72. The number of quaternary nitrogens is 1. The van der Waals surface area contributed by atoms with E-state index < -0.39 is 18.1 Å². The molecule has 2 atom stereocenters. The molecule has 4 nitrogen and oxygen atoms in total. The number of carboxylic acids is 1. The van der Waals surface area contributed by atoms with Crippen LogP contribution in [0.3, 0.4) is 0 Å². The minimum Gasteiger partial charge on any atom is -0.477 e. The molecule has 0 aliphatic carbocycles. The highest BCUT2D eigenvalue weighted by Crippen LogP contribution is 2.16. The fraction of sp³-hybridized carbons (Fsp3) is 0.955. The Hall–Kier alpha value is -0.610. The predicted octanol–water partition coefficient (Wildman–Crippen LogP) is 5.38. The summed E-state index contributed by atoms with van der Waals surface area (Å²) >= 11 is 0. The summed E-state index contributed by atoms with van der Waals surface area (Å²) in [5, 5.41) is 19.1. The number of carboxylic acid groups (broad SMARTS) is 1. The Morgan fingerprint density at radius 1 is 0.769 bits per heavy atom. The van der Waals surface area contributed by atoms with Crippen LogP contribution in [-0.2, 0) is 4.79 Å². The topological polar surface area (TPSA) is 57.5 Å². The number of hydrogen-bond donors (Lipinski definition) is 2. The zero-order chi connectivity index (χ0) is 19.8. The van der Waals surface area contributed by atoms with Crippen molar-refractivity contribution >= 4 is 5.97 Å². The van der Waals surface area contributed by atoms with Crippen LogP contribution in [0, 0.1) is 0 Å². The number of unbranched alkanes of at least 4 members (excludes halogenated alkanes) is 13. The molecule has 0 heterocycles. The van der Waals surface area contributed by atoms with Crippen LogP contribution in [0.2, 0.25) is 0 Å². The highest BCUT2D eigenvalue weighted by Gasteiger charge is 2.38. The summed E-state index contributed by atoms with van der Waals surface area (Å²) in [6.45, 7) is 4.65. The Morgan fingerprint density at radius 2 is 1.12 bits per heavy atom. The van der Waals surface area contributed by atoms with Crippen LogP contribution >= 0.6 is 0 Å². The standard InChI is InChI=1S/C22H45NO3/c1-5-6-7-8-9-10-11-12-13-14-15-16-17-18-19-23(3,4)21(20(2)24)22(25)26/h20-21,24H,5-19H2,1-4H3/p+1. The number of aliphatic carboxylic acids is 1. The maximum absolute atomic E-state index is 11.4. The van der Waals surface area contributed by atoms with Crippen LogP contribution in [0.4, 0.5) is 0 Å². The van der Waals surface area contributed by atoms with Crippen molar-refractivity contribution in [3.63, 3.8) is 0 Å². The Morgan fingerprint density at radius 3 is 1.42 bits per heavy atom. The van der Waals surface area contributed by atoms with E-state index in [1.54, 1.807) is 6.92 Å². The monoisotopic (exact) mass is 372 g/mol. The van der Waals surface area contributed by atoms with Gasteiger partial charge in [0.05, 0.1) is 20.6 Å². The summed E-state index contributed by atoms with van der Waals surface area (Å²) in [7, 11) is 3.82. The quantitative estimate of drug-likeness (QED) is 0.251. The fourth-order valence-electron chi connectivity index (χ4n) is 3.94. The van der Waals surface area contributed by atoms with E-state index in [9.17, 15) is 15.0 Å². The summed E-state index contributed by atoms with van der Waals surface area (Å²) in [4.78, 5) is 11.4. The SMILES string of the molecule is CCCCCCCCCCCCCCCC[N+](C)(C)C(C(=O)O)C(C)O. The number of likely N-dealkylation sites (N-methyl/N-ethyl adjacent to an activating group) is 1. The molecule has 0 rings (SSSR count). The Labute approximate surface area is 162 Å². The minimum absolute atomic E-state index is 0.352. The summed E-state index contributed by atoms with van der Waals surface area (Å²) in [5.74, 6) is -0.907. The van der Waals surface area contributed by atoms with Crippen molar-refractivity contribution in [3.8, 4) is 0 Å². The molecule has 0 saturated heterocycles. The van der Waals surface area contributed by atoms with Gasteiger partial charge in [0.15, 0.2) is 0 Å². The predicted molar refractivity (Wildman–Crippen MR) is 110 cm³/mol. The number of carbonyl (C=O) groups is 1. The van der Waals surface area contributed by atoms with Crippen molar-refractivity contribution in [1.82, 2.24) is 0 Å². The lowest BCUT2D eigenvalue weighted by atomic mass is 10.0.